The SMILES string of the molecule is C[C@@H]1C[C@@H]1c1ccc(/C=C/C(=O)NCc2ccc(C(N)=O)cc2)o1. The summed E-state index contributed by atoms with van der Waals surface area (Å²) in [5.74, 6) is 2.24. The lowest BCUT2D eigenvalue weighted by atomic mass is 10.1. The molecule has 24 heavy (non-hydrogen) atoms. The number of carbonyl (C=O) groups is 2. The number of hydrogen-bond donors (Lipinski definition) is 2. The predicted molar refractivity (Wildman–Crippen MR) is 91.1 cm³/mol. The van der Waals surface area contributed by atoms with E-state index < -0.39 is 5.91 Å². The van der Waals surface area contributed by atoms with Crippen LogP contribution in [0.2, 0.25) is 0 Å². The van der Waals surface area contributed by atoms with Crippen LogP contribution in [-0.2, 0) is 11.3 Å². The van der Waals surface area contributed by atoms with Gasteiger partial charge in [-0.3, -0.25) is 9.59 Å². The molecule has 124 valence electrons. The Morgan fingerprint density at radius 1 is 1.25 bits per heavy atom. The van der Waals surface area contributed by atoms with E-state index in [9.17, 15) is 9.59 Å². The summed E-state index contributed by atoms with van der Waals surface area (Å²) in [4.78, 5) is 22.9. The molecule has 1 aliphatic rings. The molecule has 5 heteroatoms. The van der Waals surface area contributed by atoms with Gasteiger partial charge in [-0.2, -0.15) is 0 Å². The van der Waals surface area contributed by atoms with Crippen molar-refractivity contribution in [1.82, 2.24) is 5.32 Å². The molecular formula is C19H20N2O3. The Labute approximate surface area is 140 Å². The summed E-state index contributed by atoms with van der Waals surface area (Å²) in [5, 5.41) is 2.78. The number of hydrogen-bond acceptors (Lipinski definition) is 3. The Morgan fingerprint density at radius 3 is 2.58 bits per heavy atom. The molecule has 1 aliphatic carbocycles. The summed E-state index contributed by atoms with van der Waals surface area (Å²) in [5.41, 5.74) is 6.53. The highest BCUT2D eigenvalue weighted by Crippen LogP contribution is 2.47. The van der Waals surface area contributed by atoms with Gasteiger partial charge in [0.1, 0.15) is 11.5 Å². The Morgan fingerprint density at radius 2 is 1.96 bits per heavy atom. The molecule has 0 unspecified atom stereocenters. The van der Waals surface area contributed by atoms with Crippen LogP contribution in [0, 0.1) is 5.92 Å². The normalized spacial score (nSPS) is 19.4. The second-order valence-corrected chi connectivity index (χ2v) is 6.17. The molecule has 2 amide bonds. The second kappa shape index (κ2) is 6.74. The van der Waals surface area contributed by atoms with Gasteiger partial charge in [-0.25, -0.2) is 0 Å². The van der Waals surface area contributed by atoms with Gasteiger partial charge in [0.2, 0.25) is 11.8 Å². The molecule has 1 saturated carbocycles. The van der Waals surface area contributed by atoms with E-state index in [-0.39, 0.29) is 5.91 Å². The number of benzene rings is 1. The van der Waals surface area contributed by atoms with E-state index in [4.69, 9.17) is 10.2 Å². The van der Waals surface area contributed by atoms with E-state index in [1.54, 1.807) is 30.3 Å². The molecule has 1 fully saturated rings. The van der Waals surface area contributed by atoms with Crippen molar-refractivity contribution in [2.45, 2.75) is 25.8 Å². The number of nitrogens with one attached hydrogen (secondary N) is 1. The lowest BCUT2D eigenvalue weighted by Crippen LogP contribution is -2.20. The van der Waals surface area contributed by atoms with E-state index in [0.717, 1.165) is 11.3 Å². The maximum Gasteiger partial charge on any atom is 0.248 e. The summed E-state index contributed by atoms with van der Waals surface area (Å²) >= 11 is 0. The van der Waals surface area contributed by atoms with Crippen molar-refractivity contribution in [1.29, 1.82) is 0 Å². The molecule has 0 spiro atoms. The number of rotatable bonds is 6. The van der Waals surface area contributed by atoms with E-state index in [1.165, 1.54) is 12.5 Å². The molecular weight excluding hydrogens is 304 g/mol. The number of furan rings is 1. The fourth-order valence-corrected chi connectivity index (χ4v) is 2.57. The van der Waals surface area contributed by atoms with Crippen LogP contribution in [0.3, 0.4) is 0 Å². The third-order valence-corrected chi connectivity index (χ3v) is 4.23. The number of nitrogens with two attached hydrogens (primary N) is 1. The van der Waals surface area contributed by atoms with Crippen molar-refractivity contribution < 1.29 is 14.0 Å². The topological polar surface area (TPSA) is 85.3 Å². The van der Waals surface area contributed by atoms with Gasteiger partial charge < -0.3 is 15.5 Å². The molecule has 0 aliphatic heterocycles. The molecule has 1 heterocycles. The molecule has 3 N–H and O–H groups in total. The Hall–Kier alpha value is -2.82. The Kier molecular flexibility index (Phi) is 4.51. The number of primary amides is 1. The van der Waals surface area contributed by atoms with Crippen molar-refractivity contribution in [3.63, 3.8) is 0 Å². The standard InChI is InChI=1S/C19H20N2O3/c1-12-10-16(12)17-8-6-15(24-17)7-9-18(22)21-11-13-2-4-14(5-3-13)19(20)23/h2-9,12,16H,10-11H2,1H3,(H2,20,23)(H,21,22)/b9-7+/t12-,16+/m1/s1. The van der Waals surface area contributed by atoms with Gasteiger partial charge in [0, 0.05) is 24.1 Å². The smallest absolute Gasteiger partial charge is 0.248 e. The lowest BCUT2D eigenvalue weighted by molar-refractivity contribution is -0.116. The largest absolute Gasteiger partial charge is 0.461 e. The third-order valence-electron chi connectivity index (χ3n) is 4.23. The molecule has 0 radical (unpaired) electrons. The van der Waals surface area contributed by atoms with Crippen molar-refractivity contribution in [2.24, 2.45) is 11.7 Å². The quantitative estimate of drug-likeness (QED) is 0.801. The van der Waals surface area contributed by atoms with Crippen LogP contribution in [0.15, 0.2) is 46.9 Å². The molecule has 3 rings (SSSR count). The van der Waals surface area contributed by atoms with Crippen LogP contribution < -0.4 is 11.1 Å². The lowest BCUT2D eigenvalue weighted by Gasteiger charge is -2.03. The zero-order valence-corrected chi connectivity index (χ0v) is 13.5. The first kappa shape index (κ1) is 16.1. The maximum atomic E-state index is 11.9. The van der Waals surface area contributed by atoms with Crippen molar-refractivity contribution in [2.75, 3.05) is 0 Å². The summed E-state index contributed by atoms with van der Waals surface area (Å²) in [7, 11) is 0. The van der Waals surface area contributed by atoms with E-state index in [2.05, 4.69) is 12.2 Å². The van der Waals surface area contributed by atoms with Crippen molar-refractivity contribution in [3.8, 4) is 0 Å². The average molecular weight is 324 g/mol. The summed E-state index contributed by atoms with van der Waals surface area (Å²) < 4.78 is 5.72. The molecule has 5 nitrogen and oxygen atoms in total. The van der Waals surface area contributed by atoms with Crippen LogP contribution in [-0.4, -0.2) is 11.8 Å². The molecule has 0 bridgehead atoms. The highest BCUT2D eigenvalue weighted by molar-refractivity contribution is 5.93. The van der Waals surface area contributed by atoms with Crippen molar-refractivity contribution in [3.05, 3.63) is 65.1 Å². The minimum absolute atomic E-state index is 0.202. The fraction of sp³-hybridized carbons (Fsp3) is 0.263. The van der Waals surface area contributed by atoms with Gasteiger partial charge in [-0.1, -0.05) is 19.1 Å². The molecule has 0 saturated heterocycles. The second-order valence-electron chi connectivity index (χ2n) is 6.17. The van der Waals surface area contributed by atoms with Crippen LogP contribution in [0.4, 0.5) is 0 Å². The predicted octanol–water partition coefficient (Wildman–Crippen LogP) is 2.83. The van der Waals surface area contributed by atoms with Gasteiger partial charge in [-0.15, -0.1) is 0 Å². The van der Waals surface area contributed by atoms with Crippen LogP contribution >= 0.6 is 0 Å². The Balaban J connectivity index is 1.50. The van der Waals surface area contributed by atoms with Gasteiger partial charge in [0.15, 0.2) is 0 Å². The highest BCUT2D eigenvalue weighted by Gasteiger charge is 2.36. The number of carbonyl (C=O) groups excluding carboxylic acids is 2. The first-order chi connectivity index (χ1) is 11.5. The van der Waals surface area contributed by atoms with Gasteiger partial charge in [0.05, 0.1) is 0 Å². The average Bonchev–Trinajstić information content (AvgIpc) is 3.11. The van der Waals surface area contributed by atoms with Gasteiger partial charge >= 0.3 is 0 Å². The first-order valence-corrected chi connectivity index (χ1v) is 7.97. The number of amides is 2. The zero-order chi connectivity index (χ0) is 17.1. The molecule has 2 atom stereocenters. The van der Waals surface area contributed by atoms with Crippen LogP contribution in [0.5, 0.6) is 0 Å². The minimum atomic E-state index is -0.466. The maximum absolute atomic E-state index is 11.9. The van der Waals surface area contributed by atoms with Gasteiger partial charge in [0.25, 0.3) is 0 Å². The van der Waals surface area contributed by atoms with Crippen LogP contribution in [0.25, 0.3) is 6.08 Å². The highest BCUT2D eigenvalue weighted by atomic mass is 16.3. The first-order valence-electron chi connectivity index (χ1n) is 7.97. The molecule has 1 aromatic carbocycles. The molecule has 1 aromatic heterocycles. The van der Waals surface area contributed by atoms with E-state index in [0.29, 0.717) is 29.7 Å². The van der Waals surface area contributed by atoms with Crippen molar-refractivity contribution >= 4 is 17.9 Å². The van der Waals surface area contributed by atoms with E-state index >= 15 is 0 Å². The summed E-state index contributed by atoms with van der Waals surface area (Å²) in [6, 6.07) is 10.7. The van der Waals surface area contributed by atoms with Gasteiger partial charge in [-0.05, 0) is 48.2 Å². The van der Waals surface area contributed by atoms with Crippen LogP contribution in [0.1, 0.15) is 46.7 Å². The summed E-state index contributed by atoms with van der Waals surface area (Å²) in [6.07, 6.45) is 4.30. The summed E-state index contributed by atoms with van der Waals surface area (Å²) in [6.45, 7) is 2.58. The monoisotopic (exact) mass is 324 g/mol. The molecule has 2 aromatic rings. The fourth-order valence-electron chi connectivity index (χ4n) is 2.57. The zero-order valence-electron chi connectivity index (χ0n) is 13.5. The minimum Gasteiger partial charge on any atom is -0.461 e. The van der Waals surface area contributed by atoms with E-state index in [1.807, 2.05) is 12.1 Å². The Bertz CT molecular complexity index is 774. The third kappa shape index (κ3) is 3.93.